The van der Waals surface area contributed by atoms with E-state index in [1.807, 2.05) is 0 Å². The highest BCUT2D eigenvalue weighted by Crippen LogP contribution is 2.36. The number of carbonyl (C=O) groups excluding carboxylic acids is 1. The van der Waals surface area contributed by atoms with Crippen molar-refractivity contribution in [3.63, 3.8) is 0 Å². The molecule has 0 saturated heterocycles. The predicted octanol–water partition coefficient (Wildman–Crippen LogP) is 4.37. The number of aliphatic imine (C=N–C) groups is 1. The molecule has 1 atom stereocenters. The van der Waals surface area contributed by atoms with Crippen LogP contribution < -0.4 is 10.2 Å². The van der Waals surface area contributed by atoms with Gasteiger partial charge in [0.15, 0.2) is 5.82 Å². The number of halogens is 6. The quantitative estimate of drug-likeness (QED) is 0.713. The van der Waals surface area contributed by atoms with Crippen molar-refractivity contribution in [3.8, 4) is 0 Å². The van der Waals surface area contributed by atoms with Crippen LogP contribution in [0.15, 0.2) is 48.0 Å². The monoisotopic (exact) mass is 443 g/mol. The van der Waals surface area contributed by atoms with Crippen molar-refractivity contribution in [2.24, 2.45) is 4.99 Å². The predicted molar refractivity (Wildman–Crippen MR) is 99.3 cm³/mol. The summed E-state index contributed by atoms with van der Waals surface area (Å²) in [5, 5.41) is 2.39. The zero-order valence-electron chi connectivity index (χ0n) is 15.9. The number of hydrogen-bond acceptors (Lipinski definition) is 5. The van der Waals surface area contributed by atoms with Crippen molar-refractivity contribution >= 4 is 17.9 Å². The number of hydrogen-bond donors (Lipinski definition) is 1. The molecule has 3 rings (SSSR count). The largest absolute Gasteiger partial charge is 0.416 e. The highest BCUT2D eigenvalue weighted by Gasteiger charge is 2.37. The van der Waals surface area contributed by atoms with Gasteiger partial charge >= 0.3 is 12.4 Å². The van der Waals surface area contributed by atoms with E-state index in [0.29, 0.717) is 24.5 Å². The second-order valence-electron chi connectivity index (χ2n) is 6.54. The van der Waals surface area contributed by atoms with Crippen molar-refractivity contribution in [2.75, 3.05) is 11.4 Å². The maximum atomic E-state index is 13.0. The Balaban J connectivity index is 1.90. The molecule has 1 aliphatic rings. The van der Waals surface area contributed by atoms with Crippen LogP contribution in [-0.2, 0) is 12.4 Å². The molecule has 1 aromatic heterocycles. The van der Waals surface area contributed by atoms with Gasteiger partial charge in [-0.25, -0.2) is 4.98 Å². The van der Waals surface area contributed by atoms with Crippen LogP contribution in [0.1, 0.15) is 40.1 Å². The molecule has 164 valence electrons. The average Bonchev–Trinajstić information content (AvgIpc) is 2.72. The van der Waals surface area contributed by atoms with E-state index in [9.17, 15) is 31.1 Å². The molecule has 2 aromatic rings. The number of anilines is 1. The summed E-state index contributed by atoms with van der Waals surface area (Å²) in [5.41, 5.74) is -3.64. The number of carbonyl (C=O) groups is 1. The van der Waals surface area contributed by atoms with Crippen LogP contribution in [0.3, 0.4) is 0 Å². The molecule has 0 aliphatic carbocycles. The minimum absolute atomic E-state index is 0.0365. The van der Waals surface area contributed by atoms with Crippen LogP contribution >= 0.6 is 0 Å². The van der Waals surface area contributed by atoms with Gasteiger partial charge in [-0.15, -0.1) is 0 Å². The number of aromatic nitrogens is 2. The van der Waals surface area contributed by atoms with Crippen LogP contribution in [-0.4, -0.2) is 28.6 Å². The molecular formula is C19H15F6N5O. The summed E-state index contributed by atoms with van der Waals surface area (Å²) in [5.74, 6) is -0.755. The fourth-order valence-corrected chi connectivity index (χ4v) is 2.84. The Labute approximate surface area is 172 Å². The molecule has 0 spiro atoms. The summed E-state index contributed by atoms with van der Waals surface area (Å²) < 4.78 is 78.3. The van der Waals surface area contributed by atoms with Crippen molar-refractivity contribution in [3.05, 3.63) is 65.4 Å². The minimum Gasteiger partial charge on any atom is -0.344 e. The van der Waals surface area contributed by atoms with Crippen LogP contribution in [0, 0.1) is 0 Å². The number of nitrogens with one attached hydrogen (secondary N) is 1. The second kappa shape index (κ2) is 8.36. The average molecular weight is 443 g/mol. The van der Waals surface area contributed by atoms with E-state index in [1.165, 1.54) is 25.5 Å². The van der Waals surface area contributed by atoms with Gasteiger partial charge < -0.3 is 10.2 Å². The molecule has 12 heteroatoms. The van der Waals surface area contributed by atoms with Crippen LogP contribution in [0.25, 0.3) is 0 Å². The second-order valence-corrected chi connectivity index (χ2v) is 6.54. The zero-order chi connectivity index (χ0) is 22.8. The van der Waals surface area contributed by atoms with Gasteiger partial charge in [-0.3, -0.25) is 14.8 Å². The standard InChI is InChI=1S/C19H15F6N5O/c1-11(15-16(28-3-2-27-15)30-6-4-26-5-7-30)29-17(31)12-8-13(18(20,21)22)10-14(9-12)19(23,24)25/h2-6,8-11H,7H2,1H3,(H,29,31). The van der Waals surface area contributed by atoms with Gasteiger partial charge in [-0.1, -0.05) is 0 Å². The van der Waals surface area contributed by atoms with Gasteiger partial charge in [-0.2, -0.15) is 26.3 Å². The Morgan fingerprint density at radius 2 is 1.65 bits per heavy atom. The van der Waals surface area contributed by atoms with E-state index in [-0.39, 0.29) is 11.8 Å². The normalized spacial score (nSPS) is 15.1. The zero-order valence-corrected chi connectivity index (χ0v) is 15.9. The summed E-state index contributed by atoms with van der Waals surface area (Å²) in [6, 6.07) is -0.157. The first-order valence-corrected chi connectivity index (χ1v) is 8.83. The Kier molecular flexibility index (Phi) is 6.00. The van der Waals surface area contributed by atoms with E-state index in [4.69, 9.17) is 0 Å². The van der Waals surface area contributed by atoms with Gasteiger partial charge in [0.2, 0.25) is 0 Å². The summed E-state index contributed by atoms with van der Waals surface area (Å²) >= 11 is 0. The summed E-state index contributed by atoms with van der Waals surface area (Å²) in [6.07, 6.45) is -2.62. The van der Waals surface area contributed by atoms with E-state index >= 15 is 0 Å². The molecule has 0 bridgehead atoms. The molecule has 0 radical (unpaired) electrons. The topological polar surface area (TPSA) is 70.5 Å². The highest BCUT2D eigenvalue weighted by atomic mass is 19.4. The maximum Gasteiger partial charge on any atom is 0.416 e. The first-order chi connectivity index (χ1) is 14.5. The van der Waals surface area contributed by atoms with E-state index < -0.39 is 41.0 Å². The molecule has 1 N–H and O–H groups in total. The molecular weight excluding hydrogens is 428 g/mol. The van der Waals surface area contributed by atoms with Gasteiger partial charge in [0.1, 0.15) is 5.69 Å². The number of benzene rings is 1. The first-order valence-electron chi connectivity index (χ1n) is 8.83. The fraction of sp³-hybridized carbons (Fsp3) is 0.263. The molecule has 6 nitrogen and oxygen atoms in total. The SMILES string of the molecule is CC(NC(=O)c1cc(C(F)(F)F)cc(C(F)(F)F)c1)c1nccnc1N1C=CN=CC1. The lowest BCUT2D eigenvalue weighted by molar-refractivity contribution is -0.143. The van der Waals surface area contributed by atoms with Crippen LogP contribution in [0.2, 0.25) is 0 Å². The van der Waals surface area contributed by atoms with Crippen molar-refractivity contribution in [1.29, 1.82) is 0 Å². The molecule has 0 saturated carbocycles. The minimum atomic E-state index is -5.05. The third kappa shape index (κ3) is 5.19. The Bertz CT molecular complexity index is 999. The van der Waals surface area contributed by atoms with Crippen LogP contribution in [0.4, 0.5) is 32.2 Å². The number of rotatable bonds is 4. The van der Waals surface area contributed by atoms with Crippen molar-refractivity contribution in [1.82, 2.24) is 15.3 Å². The molecule has 1 amide bonds. The van der Waals surface area contributed by atoms with Crippen molar-refractivity contribution in [2.45, 2.75) is 25.3 Å². The molecule has 31 heavy (non-hydrogen) atoms. The smallest absolute Gasteiger partial charge is 0.344 e. The summed E-state index contributed by atoms with van der Waals surface area (Å²) in [7, 11) is 0. The Morgan fingerprint density at radius 3 is 2.19 bits per heavy atom. The van der Waals surface area contributed by atoms with E-state index in [2.05, 4.69) is 20.3 Å². The number of nitrogens with zero attached hydrogens (tertiary/aromatic N) is 4. The van der Waals surface area contributed by atoms with E-state index in [0.717, 1.165) is 0 Å². The van der Waals surface area contributed by atoms with Crippen molar-refractivity contribution < 1.29 is 31.1 Å². The Morgan fingerprint density at radius 1 is 1.03 bits per heavy atom. The first kappa shape index (κ1) is 22.2. The van der Waals surface area contributed by atoms with Crippen LogP contribution in [0.5, 0.6) is 0 Å². The van der Waals surface area contributed by atoms with E-state index in [1.54, 1.807) is 17.3 Å². The number of amides is 1. The third-order valence-electron chi connectivity index (χ3n) is 4.30. The molecule has 1 aliphatic heterocycles. The molecule has 2 heterocycles. The summed E-state index contributed by atoms with van der Waals surface area (Å²) in [6.45, 7) is 1.86. The fourth-order valence-electron chi connectivity index (χ4n) is 2.84. The molecule has 1 unspecified atom stereocenters. The lowest BCUT2D eigenvalue weighted by Crippen LogP contribution is -2.31. The highest BCUT2D eigenvalue weighted by molar-refractivity contribution is 5.95. The Hall–Kier alpha value is -3.44. The summed E-state index contributed by atoms with van der Waals surface area (Å²) in [4.78, 5) is 26.5. The molecule has 1 aromatic carbocycles. The lowest BCUT2D eigenvalue weighted by Gasteiger charge is -2.24. The lowest BCUT2D eigenvalue weighted by atomic mass is 10.0. The number of alkyl halides is 6. The molecule has 0 fully saturated rings. The van der Waals surface area contributed by atoms with Gasteiger partial charge in [0, 0.05) is 36.6 Å². The van der Waals surface area contributed by atoms with Gasteiger partial charge in [-0.05, 0) is 25.1 Å². The van der Waals surface area contributed by atoms with Gasteiger partial charge in [0.05, 0.1) is 23.7 Å². The maximum absolute atomic E-state index is 13.0. The third-order valence-corrected chi connectivity index (χ3v) is 4.30. The van der Waals surface area contributed by atoms with Gasteiger partial charge in [0.25, 0.3) is 5.91 Å².